The summed E-state index contributed by atoms with van der Waals surface area (Å²) in [5.41, 5.74) is 2.87. The zero-order valence-corrected chi connectivity index (χ0v) is 13.0. The summed E-state index contributed by atoms with van der Waals surface area (Å²) in [6, 6.07) is 15.3. The van der Waals surface area contributed by atoms with Crippen LogP contribution in [0.3, 0.4) is 0 Å². The Morgan fingerprint density at radius 2 is 1.87 bits per heavy atom. The maximum Gasteiger partial charge on any atom is 0.135 e. The van der Waals surface area contributed by atoms with Crippen LogP contribution in [0.1, 0.15) is 11.4 Å². The predicted octanol–water partition coefficient (Wildman–Crippen LogP) is 2.28. The number of hydrogen-bond donors (Lipinski definition) is 2. The second kappa shape index (κ2) is 6.81. The maximum absolute atomic E-state index is 10.3. The van der Waals surface area contributed by atoms with Crippen molar-refractivity contribution in [2.75, 3.05) is 6.61 Å². The molecule has 1 atom stereocenters. The van der Waals surface area contributed by atoms with Gasteiger partial charge in [0.1, 0.15) is 30.9 Å². The van der Waals surface area contributed by atoms with E-state index >= 15 is 0 Å². The summed E-state index contributed by atoms with van der Waals surface area (Å²) < 4.78 is 7.44. The Balaban J connectivity index is 1.70. The molecular formula is C18H20N2O3. The fourth-order valence-electron chi connectivity index (χ4n) is 2.54. The SMILES string of the molecule is Cc1ccc(OC[C@@H](O)Cn2c(CO)nc3ccccc32)cc1. The van der Waals surface area contributed by atoms with Gasteiger partial charge in [-0.3, -0.25) is 0 Å². The van der Waals surface area contributed by atoms with Crippen LogP contribution in [0.4, 0.5) is 0 Å². The molecule has 0 aliphatic rings. The van der Waals surface area contributed by atoms with E-state index < -0.39 is 6.10 Å². The Morgan fingerprint density at radius 1 is 1.13 bits per heavy atom. The number of fused-ring (bicyclic) bond motifs is 1. The first-order valence-corrected chi connectivity index (χ1v) is 7.60. The van der Waals surface area contributed by atoms with Crippen molar-refractivity contribution in [2.45, 2.75) is 26.2 Å². The summed E-state index contributed by atoms with van der Waals surface area (Å²) in [7, 11) is 0. The van der Waals surface area contributed by atoms with Gasteiger partial charge >= 0.3 is 0 Å². The average molecular weight is 312 g/mol. The van der Waals surface area contributed by atoms with Crippen LogP contribution < -0.4 is 4.74 Å². The van der Waals surface area contributed by atoms with Crippen LogP contribution >= 0.6 is 0 Å². The van der Waals surface area contributed by atoms with Gasteiger partial charge in [-0.1, -0.05) is 29.8 Å². The van der Waals surface area contributed by atoms with E-state index in [0.717, 1.165) is 22.3 Å². The molecule has 2 N–H and O–H groups in total. The number of hydrogen-bond acceptors (Lipinski definition) is 4. The van der Waals surface area contributed by atoms with Gasteiger partial charge in [0.25, 0.3) is 0 Å². The van der Waals surface area contributed by atoms with Gasteiger partial charge in [-0.25, -0.2) is 4.98 Å². The first-order chi connectivity index (χ1) is 11.2. The molecule has 23 heavy (non-hydrogen) atoms. The Labute approximate surface area is 134 Å². The predicted molar refractivity (Wildman–Crippen MR) is 88.3 cm³/mol. The highest BCUT2D eigenvalue weighted by Crippen LogP contribution is 2.17. The van der Waals surface area contributed by atoms with E-state index in [1.807, 2.05) is 60.0 Å². The molecule has 5 heteroatoms. The van der Waals surface area contributed by atoms with Crippen molar-refractivity contribution in [2.24, 2.45) is 0 Å². The van der Waals surface area contributed by atoms with Crippen molar-refractivity contribution >= 4 is 11.0 Å². The molecule has 0 radical (unpaired) electrons. The van der Waals surface area contributed by atoms with Crippen LogP contribution in [0.25, 0.3) is 11.0 Å². The largest absolute Gasteiger partial charge is 0.491 e. The Kier molecular flexibility index (Phi) is 4.60. The van der Waals surface area contributed by atoms with E-state index in [1.165, 1.54) is 0 Å². The van der Waals surface area contributed by atoms with E-state index in [9.17, 15) is 10.2 Å². The number of para-hydroxylation sites is 2. The molecule has 0 unspecified atom stereocenters. The third kappa shape index (κ3) is 3.52. The average Bonchev–Trinajstić information content (AvgIpc) is 2.92. The van der Waals surface area contributed by atoms with Gasteiger partial charge in [-0.2, -0.15) is 0 Å². The van der Waals surface area contributed by atoms with Crippen LogP contribution in [-0.4, -0.2) is 32.5 Å². The van der Waals surface area contributed by atoms with Crippen LogP contribution in [0.2, 0.25) is 0 Å². The molecule has 5 nitrogen and oxygen atoms in total. The standard InChI is InChI=1S/C18H20N2O3/c1-13-6-8-15(9-7-13)23-12-14(22)10-20-17-5-3-2-4-16(17)19-18(20)11-21/h2-9,14,21-22H,10-12H2,1H3/t14-/m0/s1. The molecule has 0 amide bonds. The fourth-order valence-corrected chi connectivity index (χ4v) is 2.54. The lowest BCUT2D eigenvalue weighted by molar-refractivity contribution is 0.0915. The summed E-state index contributed by atoms with van der Waals surface area (Å²) in [5.74, 6) is 1.27. The molecule has 0 aliphatic carbocycles. The molecule has 0 saturated heterocycles. The summed E-state index contributed by atoms with van der Waals surface area (Å²) in [6.07, 6.45) is -0.695. The third-order valence-electron chi connectivity index (χ3n) is 3.73. The molecule has 0 aliphatic heterocycles. The minimum absolute atomic E-state index is 0.166. The van der Waals surface area contributed by atoms with E-state index in [2.05, 4.69) is 4.98 Å². The number of nitrogens with zero attached hydrogens (tertiary/aromatic N) is 2. The summed E-state index contributed by atoms with van der Waals surface area (Å²) in [4.78, 5) is 4.37. The summed E-state index contributed by atoms with van der Waals surface area (Å²) in [5, 5.41) is 19.7. The number of imidazole rings is 1. The number of ether oxygens (including phenoxy) is 1. The lowest BCUT2D eigenvalue weighted by atomic mass is 10.2. The van der Waals surface area contributed by atoms with Crippen molar-refractivity contribution in [1.29, 1.82) is 0 Å². The first kappa shape index (κ1) is 15.5. The zero-order valence-electron chi connectivity index (χ0n) is 13.0. The van der Waals surface area contributed by atoms with Crippen molar-refractivity contribution in [3.63, 3.8) is 0 Å². The number of aliphatic hydroxyl groups is 2. The minimum Gasteiger partial charge on any atom is -0.491 e. The van der Waals surface area contributed by atoms with Crippen molar-refractivity contribution in [3.05, 3.63) is 59.9 Å². The number of rotatable bonds is 6. The lowest BCUT2D eigenvalue weighted by Gasteiger charge is -2.15. The first-order valence-electron chi connectivity index (χ1n) is 7.60. The van der Waals surface area contributed by atoms with Crippen LogP contribution in [0.15, 0.2) is 48.5 Å². The molecule has 1 aromatic heterocycles. The number of aryl methyl sites for hydroxylation is 1. The minimum atomic E-state index is -0.695. The molecule has 0 saturated carbocycles. The van der Waals surface area contributed by atoms with E-state index in [4.69, 9.17) is 4.74 Å². The van der Waals surface area contributed by atoms with E-state index in [0.29, 0.717) is 12.4 Å². The monoisotopic (exact) mass is 312 g/mol. The highest BCUT2D eigenvalue weighted by atomic mass is 16.5. The Morgan fingerprint density at radius 3 is 2.61 bits per heavy atom. The molecule has 3 rings (SSSR count). The molecule has 3 aromatic rings. The second-order valence-corrected chi connectivity index (χ2v) is 5.56. The van der Waals surface area contributed by atoms with Crippen LogP contribution in [-0.2, 0) is 13.2 Å². The van der Waals surface area contributed by atoms with Crippen molar-refractivity contribution in [3.8, 4) is 5.75 Å². The molecule has 2 aromatic carbocycles. The van der Waals surface area contributed by atoms with Crippen molar-refractivity contribution in [1.82, 2.24) is 9.55 Å². The molecular weight excluding hydrogens is 292 g/mol. The van der Waals surface area contributed by atoms with Gasteiger partial charge in [0.15, 0.2) is 0 Å². The fraction of sp³-hybridized carbons (Fsp3) is 0.278. The van der Waals surface area contributed by atoms with Gasteiger partial charge in [0.05, 0.1) is 17.6 Å². The number of aliphatic hydroxyl groups excluding tert-OH is 2. The number of aromatic nitrogens is 2. The molecule has 0 bridgehead atoms. The molecule has 1 heterocycles. The highest BCUT2D eigenvalue weighted by Gasteiger charge is 2.14. The molecule has 0 fully saturated rings. The van der Waals surface area contributed by atoms with Crippen LogP contribution in [0, 0.1) is 6.92 Å². The van der Waals surface area contributed by atoms with E-state index in [1.54, 1.807) is 0 Å². The van der Waals surface area contributed by atoms with Gasteiger partial charge in [-0.15, -0.1) is 0 Å². The quantitative estimate of drug-likeness (QED) is 0.733. The Hall–Kier alpha value is -2.37. The number of benzene rings is 2. The van der Waals surface area contributed by atoms with E-state index in [-0.39, 0.29) is 13.2 Å². The van der Waals surface area contributed by atoms with Gasteiger partial charge in [0.2, 0.25) is 0 Å². The van der Waals surface area contributed by atoms with Gasteiger partial charge in [-0.05, 0) is 31.2 Å². The highest BCUT2D eigenvalue weighted by molar-refractivity contribution is 5.75. The molecule has 0 spiro atoms. The maximum atomic E-state index is 10.3. The smallest absolute Gasteiger partial charge is 0.135 e. The lowest BCUT2D eigenvalue weighted by Crippen LogP contribution is -2.24. The second-order valence-electron chi connectivity index (χ2n) is 5.56. The van der Waals surface area contributed by atoms with Crippen LogP contribution in [0.5, 0.6) is 5.75 Å². The van der Waals surface area contributed by atoms with Gasteiger partial charge in [0, 0.05) is 0 Å². The van der Waals surface area contributed by atoms with Gasteiger partial charge < -0.3 is 19.5 Å². The summed E-state index contributed by atoms with van der Waals surface area (Å²) >= 11 is 0. The molecule has 120 valence electrons. The third-order valence-corrected chi connectivity index (χ3v) is 3.73. The zero-order chi connectivity index (χ0) is 16.2. The summed E-state index contributed by atoms with van der Waals surface area (Å²) in [6.45, 7) is 2.35. The topological polar surface area (TPSA) is 67.5 Å². The Bertz CT molecular complexity index is 781. The van der Waals surface area contributed by atoms with Crippen molar-refractivity contribution < 1.29 is 14.9 Å². The normalized spacial score (nSPS) is 12.5.